The second-order valence-corrected chi connectivity index (χ2v) is 15.6. The molecule has 1 aliphatic rings. The van der Waals surface area contributed by atoms with Crippen molar-refractivity contribution in [1.82, 2.24) is 14.9 Å². The molecule has 5 nitrogen and oxygen atoms in total. The van der Waals surface area contributed by atoms with Gasteiger partial charge in [0.05, 0.1) is 22.2 Å². The molecule has 1 unspecified atom stereocenters. The van der Waals surface area contributed by atoms with Crippen molar-refractivity contribution in [2.75, 3.05) is 0 Å². The van der Waals surface area contributed by atoms with E-state index in [0.29, 0.717) is 5.84 Å². The third-order valence-electron chi connectivity index (χ3n) is 12.0. The van der Waals surface area contributed by atoms with Crippen LogP contribution < -0.4 is 5.32 Å². The molecule has 0 saturated carbocycles. The van der Waals surface area contributed by atoms with Gasteiger partial charge in [0, 0.05) is 60.4 Å². The lowest BCUT2D eigenvalue weighted by atomic mass is 9.93. The summed E-state index contributed by atoms with van der Waals surface area (Å²) >= 11 is 0. The minimum Gasteiger partial charge on any atom is -0.344 e. The number of aromatic nitrogens is 2. The Hall–Kier alpha value is -8.15. The number of rotatable bonds is 6. The van der Waals surface area contributed by atoms with Crippen molar-refractivity contribution in [1.29, 1.82) is 0 Å². The zero-order chi connectivity index (χ0) is 40.3. The summed E-state index contributed by atoms with van der Waals surface area (Å²) in [5.41, 5.74) is 11.7. The van der Waals surface area contributed by atoms with Crippen LogP contribution in [-0.4, -0.2) is 21.2 Å². The van der Waals surface area contributed by atoms with E-state index in [2.05, 4.69) is 198 Å². The van der Waals surface area contributed by atoms with Crippen LogP contribution in [0.3, 0.4) is 0 Å². The fourth-order valence-electron chi connectivity index (χ4n) is 9.26. The average Bonchev–Trinajstić information content (AvgIpc) is 3.69. The van der Waals surface area contributed by atoms with Gasteiger partial charge in [-0.2, -0.15) is 0 Å². The van der Waals surface area contributed by atoms with Gasteiger partial charge in [-0.25, -0.2) is 15.0 Å². The summed E-state index contributed by atoms with van der Waals surface area (Å²) < 4.78 is 2.48. The molecule has 1 atom stereocenters. The van der Waals surface area contributed by atoms with Crippen LogP contribution in [0.1, 0.15) is 22.9 Å². The normalized spacial score (nSPS) is 14.1. The van der Waals surface area contributed by atoms with E-state index < -0.39 is 6.17 Å². The topological polar surface area (TPSA) is 54.6 Å². The van der Waals surface area contributed by atoms with Crippen LogP contribution in [0, 0.1) is 0 Å². The van der Waals surface area contributed by atoms with Crippen molar-refractivity contribution in [3.8, 4) is 28.1 Å². The molecule has 0 aliphatic carbocycles. The standard InChI is InChI=1S/C56H37N5/c1-4-18-37(19-5-1)52-46-33-34-49-51(50(46)45-27-14-15-30-48(45)57-52)47-29-16-28-43(53(47)61(49)41-32-31-36-17-10-11-24-40(36)35-41)42-25-12-13-26-44(42)56-59-54(38-20-6-2-7-21-38)58-55(60-56)39-22-8-3-9-23-39/h1-35,56H,(H,58,59,60). The molecule has 5 heteroatoms. The van der Waals surface area contributed by atoms with Crippen molar-refractivity contribution >= 4 is 65.9 Å². The zero-order valence-electron chi connectivity index (χ0n) is 33.1. The van der Waals surface area contributed by atoms with Gasteiger partial charge in [-0.3, -0.25) is 0 Å². The van der Waals surface area contributed by atoms with Crippen LogP contribution >= 0.6 is 0 Å². The highest BCUT2D eigenvalue weighted by molar-refractivity contribution is 6.30. The predicted octanol–water partition coefficient (Wildman–Crippen LogP) is 13.5. The van der Waals surface area contributed by atoms with E-state index in [1.807, 2.05) is 24.3 Å². The maximum Gasteiger partial charge on any atom is 0.159 e. The molecule has 1 aliphatic heterocycles. The molecule has 11 aromatic rings. The summed E-state index contributed by atoms with van der Waals surface area (Å²) in [5, 5.41) is 12.0. The van der Waals surface area contributed by atoms with Gasteiger partial charge in [0.25, 0.3) is 0 Å². The smallest absolute Gasteiger partial charge is 0.159 e. The zero-order valence-corrected chi connectivity index (χ0v) is 33.1. The van der Waals surface area contributed by atoms with Crippen molar-refractivity contribution in [3.63, 3.8) is 0 Å². The van der Waals surface area contributed by atoms with Gasteiger partial charge in [-0.1, -0.05) is 188 Å². The first-order chi connectivity index (χ1) is 30.3. The third kappa shape index (κ3) is 5.82. The molecule has 9 aromatic carbocycles. The third-order valence-corrected chi connectivity index (χ3v) is 12.0. The van der Waals surface area contributed by atoms with E-state index in [0.717, 1.165) is 77.9 Å². The molecular weight excluding hydrogens is 743 g/mol. The molecule has 0 fully saturated rings. The number of hydrogen-bond donors (Lipinski definition) is 1. The van der Waals surface area contributed by atoms with Crippen molar-refractivity contribution in [2.24, 2.45) is 9.98 Å². The van der Waals surface area contributed by atoms with Crippen LogP contribution in [-0.2, 0) is 0 Å². The van der Waals surface area contributed by atoms with E-state index in [1.54, 1.807) is 0 Å². The number of nitrogens with zero attached hydrogens (tertiary/aromatic N) is 4. The number of amidine groups is 2. The molecule has 286 valence electrons. The number of hydrogen-bond acceptors (Lipinski definition) is 4. The van der Waals surface area contributed by atoms with Crippen LogP contribution in [0.25, 0.3) is 82.3 Å². The Bertz CT molecular complexity index is 3550. The van der Waals surface area contributed by atoms with Gasteiger partial charge in [0.1, 0.15) is 12.0 Å². The first kappa shape index (κ1) is 34.9. The maximum absolute atomic E-state index is 5.34. The molecule has 3 heterocycles. The minimum absolute atomic E-state index is 0.405. The number of fused-ring (bicyclic) bond motifs is 8. The lowest BCUT2D eigenvalue weighted by Crippen LogP contribution is -2.33. The van der Waals surface area contributed by atoms with Gasteiger partial charge in [-0.15, -0.1) is 0 Å². The summed E-state index contributed by atoms with van der Waals surface area (Å²) in [7, 11) is 0. The van der Waals surface area contributed by atoms with Crippen LogP contribution in [0.4, 0.5) is 0 Å². The maximum atomic E-state index is 5.34. The van der Waals surface area contributed by atoms with Crippen LogP contribution in [0.2, 0.25) is 0 Å². The predicted molar refractivity (Wildman–Crippen MR) is 254 cm³/mol. The second kappa shape index (κ2) is 14.3. The number of pyridine rings is 1. The number of nitrogens with one attached hydrogen (secondary N) is 1. The lowest BCUT2D eigenvalue weighted by molar-refractivity contribution is 0.676. The summed E-state index contributed by atoms with van der Waals surface area (Å²) in [4.78, 5) is 15.7. The molecular formula is C56H37N5. The molecule has 0 amide bonds. The Morgan fingerprint density at radius 3 is 1.93 bits per heavy atom. The van der Waals surface area contributed by atoms with Crippen LogP contribution in [0.5, 0.6) is 0 Å². The number of benzene rings is 9. The van der Waals surface area contributed by atoms with Gasteiger partial charge in [-0.05, 0) is 40.6 Å². The van der Waals surface area contributed by atoms with E-state index in [-0.39, 0.29) is 0 Å². The second-order valence-electron chi connectivity index (χ2n) is 15.6. The Morgan fingerprint density at radius 2 is 1.11 bits per heavy atom. The molecule has 0 spiro atoms. The van der Waals surface area contributed by atoms with Gasteiger partial charge in [0.15, 0.2) is 5.84 Å². The minimum atomic E-state index is -0.405. The highest BCUT2D eigenvalue weighted by Gasteiger charge is 2.26. The molecule has 61 heavy (non-hydrogen) atoms. The van der Waals surface area contributed by atoms with Crippen molar-refractivity contribution in [3.05, 3.63) is 229 Å². The Kier molecular flexibility index (Phi) is 8.17. The Labute approximate surface area is 352 Å². The SMILES string of the molecule is c1ccc(C2=NC(c3ccccc3-c3cccc4c5c6c(ccc5n(-c5ccc7ccccc7c5)c34)c(-c3ccccc3)nc3ccccc36)NC(c3ccccc3)=N2)cc1. The fraction of sp³-hybridized carbons (Fsp3) is 0.0179. The summed E-state index contributed by atoms with van der Waals surface area (Å²) in [6, 6.07) is 75.2. The quantitative estimate of drug-likeness (QED) is 0.171. The summed E-state index contributed by atoms with van der Waals surface area (Å²) in [5.74, 6) is 1.49. The first-order valence-electron chi connectivity index (χ1n) is 20.7. The van der Waals surface area contributed by atoms with Crippen LogP contribution in [0.15, 0.2) is 222 Å². The van der Waals surface area contributed by atoms with Crippen molar-refractivity contribution in [2.45, 2.75) is 6.17 Å². The number of para-hydroxylation sites is 2. The average molecular weight is 780 g/mol. The largest absolute Gasteiger partial charge is 0.344 e. The van der Waals surface area contributed by atoms with E-state index in [4.69, 9.17) is 15.0 Å². The summed E-state index contributed by atoms with van der Waals surface area (Å²) in [6.45, 7) is 0. The monoisotopic (exact) mass is 779 g/mol. The molecule has 0 radical (unpaired) electrons. The Balaban J connectivity index is 1.17. The van der Waals surface area contributed by atoms with E-state index >= 15 is 0 Å². The van der Waals surface area contributed by atoms with Crippen molar-refractivity contribution < 1.29 is 0 Å². The highest BCUT2D eigenvalue weighted by atomic mass is 15.2. The van der Waals surface area contributed by atoms with Gasteiger partial charge in [0.2, 0.25) is 0 Å². The number of aliphatic imine (C=N–C) groups is 2. The van der Waals surface area contributed by atoms with Gasteiger partial charge < -0.3 is 9.88 Å². The molecule has 1 N–H and O–H groups in total. The molecule has 0 saturated heterocycles. The fourth-order valence-corrected chi connectivity index (χ4v) is 9.26. The summed E-state index contributed by atoms with van der Waals surface area (Å²) in [6.07, 6.45) is -0.405. The van der Waals surface area contributed by atoms with E-state index in [9.17, 15) is 0 Å². The highest BCUT2D eigenvalue weighted by Crippen LogP contribution is 2.46. The molecule has 12 rings (SSSR count). The Morgan fingerprint density at radius 1 is 0.459 bits per heavy atom. The lowest BCUT2D eigenvalue weighted by Gasteiger charge is -2.25. The van der Waals surface area contributed by atoms with Gasteiger partial charge >= 0.3 is 0 Å². The van der Waals surface area contributed by atoms with E-state index in [1.165, 1.54) is 26.9 Å². The molecule has 2 aromatic heterocycles. The molecule has 0 bridgehead atoms. The first-order valence-corrected chi connectivity index (χ1v) is 20.7.